The van der Waals surface area contributed by atoms with E-state index in [1.54, 1.807) is 6.07 Å². The van der Waals surface area contributed by atoms with Crippen LogP contribution >= 0.6 is 0 Å². The number of hydrogen-bond acceptors (Lipinski definition) is 4. The first-order chi connectivity index (χ1) is 12.7. The molecule has 0 aliphatic carbocycles. The van der Waals surface area contributed by atoms with Crippen molar-refractivity contribution in [1.82, 2.24) is 14.8 Å². The molecule has 0 bridgehead atoms. The molecule has 1 aromatic heterocycles. The SMILES string of the molecule is CNC(=O)CN(C)C(=O)COC(=O)c1cc(C)n(-c2cccc(C)c2)c1C. The lowest BCUT2D eigenvalue weighted by atomic mass is 10.2. The van der Waals surface area contributed by atoms with Crippen LogP contribution in [0.1, 0.15) is 27.3 Å². The van der Waals surface area contributed by atoms with Gasteiger partial charge in [-0.1, -0.05) is 12.1 Å². The first-order valence-corrected chi connectivity index (χ1v) is 8.62. The molecule has 7 heteroatoms. The number of ether oxygens (including phenoxy) is 1. The van der Waals surface area contributed by atoms with E-state index in [9.17, 15) is 14.4 Å². The molecule has 0 atom stereocenters. The smallest absolute Gasteiger partial charge is 0.340 e. The summed E-state index contributed by atoms with van der Waals surface area (Å²) >= 11 is 0. The zero-order valence-corrected chi connectivity index (χ0v) is 16.3. The Balaban J connectivity index is 2.11. The number of rotatable bonds is 6. The van der Waals surface area contributed by atoms with Crippen molar-refractivity contribution in [2.24, 2.45) is 0 Å². The minimum Gasteiger partial charge on any atom is -0.452 e. The summed E-state index contributed by atoms with van der Waals surface area (Å²) in [5.74, 6) is -1.30. The van der Waals surface area contributed by atoms with Crippen molar-refractivity contribution < 1.29 is 19.1 Å². The second-order valence-corrected chi connectivity index (χ2v) is 6.46. The predicted molar refractivity (Wildman–Crippen MR) is 102 cm³/mol. The highest BCUT2D eigenvalue weighted by atomic mass is 16.5. The van der Waals surface area contributed by atoms with Crippen LogP contribution in [0, 0.1) is 20.8 Å². The fourth-order valence-corrected chi connectivity index (χ4v) is 2.83. The van der Waals surface area contributed by atoms with Crippen LogP contribution in [0.15, 0.2) is 30.3 Å². The molecule has 0 aliphatic rings. The lowest BCUT2D eigenvalue weighted by molar-refractivity contribution is -0.137. The quantitative estimate of drug-likeness (QED) is 0.785. The van der Waals surface area contributed by atoms with Gasteiger partial charge in [-0.2, -0.15) is 0 Å². The highest BCUT2D eigenvalue weighted by Crippen LogP contribution is 2.22. The summed E-state index contributed by atoms with van der Waals surface area (Å²) in [5.41, 5.74) is 4.14. The molecule has 2 rings (SSSR count). The number of nitrogens with zero attached hydrogens (tertiary/aromatic N) is 2. The van der Waals surface area contributed by atoms with Gasteiger partial charge in [0.2, 0.25) is 5.91 Å². The summed E-state index contributed by atoms with van der Waals surface area (Å²) in [5, 5.41) is 2.43. The van der Waals surface area contributed by atoms with Crippen LogP contribution in [0.4, 0.5) is 0 Å². The minimum absolute atomic E-state index is 0.0885. The van der Waals surface area contributed by atoms with Gasteiger partial charge < -0.3 is 19.5 Å². The van der Waals surface area contributed by atoms with Gasteiger partial charge in [0.25, 0.3) is 5.91 Å². The second kappa shape index (κ2) is 8.53. The van der Waals surface area contributed by atoms with E-state index in [1.165, 1.54) is 19.0 Å². The number of likely N-dealkylation sites (N-methyl/N-ethyl adjacent to an activating group) is 2. The number of nitrogens with one attached hydrogen (secondary N) is 1. The molecular weight excluding hydrogens is 346 g/mol. The Labute approximate surface area is 158 Å². The normalized spacial score (nSPS) is 10.4. The third-order valence-electron chi connectivity index (χ3n) is 4.32. The molecule has 144 valence electrons. The van der Waals surface area contributed by atoms with Crippen LogP contribution in [0.5, 0.6) is 0 Å². The number of aryl methyl sites for hydroxylation is 2. The topological polar surface area (TPSA) is 80.6 Å². The molecule has 0 saturated carbocycles. The average molecular weight is 371 g/mol. The number of esters is 1. The Morgan fingerprint density at radius 2 is 1.85 bits per heavy atom. The Bertz CT molecular complexity index is 870. The highest BCUT2D eigenvalue weighted by Gasteiger charge is 2.20. The van der Waals surface area contributed by atoms with Crippen LogP contribution in [0.2, 0.25) is 0 Å². The molecule has 2 aromatic rings. The van der Waals surface area contributed by atoms with Crippen molar-refractivity contribution in [3.05, 3.63) is 52.8 Å². The Morgan fingerprint density at radius 3 is 2.48 bits per heavy atom. The first-order valence-electron chi connectivity index (χ1n) is 8.62. The van der Waals surface area contributed by atoms with Gasteiger partial charge in [0, 0.05) is 31.2 Å². The summed E-state index contributed by atoms with van der Waals surface area (Å²) in [6.45, 7) is 5.25. The van der Waals surface area contributed by atoms with Crippen LogP contribution in [0.25, 0.3) is 5.69 Å². The van der Waals surface area contributed by atoms with Gasteiger partial charge in [0.15, 0.2) is 6.61 Å². The van der Waals surface area contributed by atoms with E-state index in [0.29, 0.717) is 5.56 Å². The fraction of sp³-hybridized carbons (Fsp3) is 0.350. The molecule has 0 saturated heterocycles. The van der Waals surface area contributed by atoms with Crippen molar-refractivity contribution >= 4 is 17.8 Å². The summed E-state index contributed by atoms with van der Waals surface area (Å²) < 4.78 is 7.14. The second-order valence-electron chi connectivity index (χ2n) is 6.46. The molecule has 1 heterocycles. The van der Waals surface area contributed by atoms with E-state index in [2.05, 4.69) is 5.32 Å². The van der Waals surface area contributed by atoms with Crippen molar-refractivity contribution in [1.29, 1.82) is 0 Å². The largest absolute Gasteiger partial charge is 0.452 e. The average Bonchev–Trinajstić information content (AvgIpc) is 2.93. The van der Waals surface area contributed by atoms with Crippen molar-refractivity contribution in [2.75, 3.05) is 27.2 Å². The third kappa shape index (κ3) is 4.75. The molecule has 0 unspecified atom stereocenters. The number of carbonyl (C=O) groups excluding carboxylic acids is 3. The maximum absolute atomic E-state index is 12.4. The summed E-state index contributed by atoms with van der Waals surface area (Å²) in [7, 11) is 2.97. The van der Waals surface area contributed by atoms with Crippen LogP contribution in [-0.2, 0) is 14.3 Å². The fourth-order valence-electron chi connectivity index (χ4n) is 2.83. The number of hydrogen-bond donors (Lipinski definition) is 1. The molecule has 2 amide bonds. The van der Waals surface area contributed by atoms with E-state index in [4.69, 9.17) is 4.74 Å². The van der Waals surface area contributed by atoms with Crippen LogP contribution in [0.3, 0.4) is 0 Å². The van der Waals surface area contributed by atoms with Gasteiger partial charge in [-0.3, -0.25) is 9.59 Å². The lowest BCUT2D eigenvalue weighted by Gasteiger charge is -2.16. The monoisotopic (exact) mass is 371 g/mol. The van der Waals surface area contributed by atoms with Crippen LogP contribution in [-0.4, -0.2) is 54.5 Å². The number of benzene rings is 1. The summed E-state index contributed by atoms with van der Waals surface area (Å²) in [6, 6.07) is 9.72. The molecule has 0 radical (unpaired) electrons. The van der Waals surface area contributed by atoms with Crippen LogP contribution < -0.4 is 5.32 Å². The van der Waals surface area contributed by atoms with Crippen molar-refractivity contribution in [3.63, 3.8) is 0 Å². The van der Waals surface area contributed by atoms with Gasteiger partial charge in [-0.15, -0.1) is 0 Å². The summed E-state index contributed by atoms with van der Waals surface area (Å²) in [6.07, 6.45) is 0. The minimum atomic E-state index is -0.566. The van der Waals surface area contributed by atoms with E-state index >= 15 is 0 Å². The molecule has 0 spiro atoms. The molecule has 0 fully saturated rings. The number of amides is 2. The zero-order chi connectivity index (χ0) is 20.1. The van der Waals surface area contributed by atoms with E-state index in [0.717, 1.165) is 22.6 Å². The van der Waals surface area contributed by atoms with Gasteiger partial charge in [-0.25, -0.2) is 4.79 Å². The van der Waals surface area contributed by atoms with Gasteiger partial charge in [0.05, 0.1) is 12.1 Å². The third-order valence-corrected chi connectivity index (χ3v) is 4.32. The molecule has 0 aliphatic heterocycles. The number of carbonyl (C=O) groups is 3. The standard InChI is InChI=1S/C20H25N3O4/c1-13-7-6-8-16(9-13)23-14(2)10-17(15(23)3)20(26)27-12-19(25)22(5)11-18(24)21-4/h6-10H,11-12H2,1-5H3,(H,21,24). The van der Waals surface area contributed by atoms with E-state index in [-0.39, 0.29) is 12.5 Å². The van der Waals surface area contributed by atoms with Crippen molar-refractivity contribution in [2.45, 2.75) is 20.8 Å². The zero-order valence-electron chi connectivity index (χ0n) is 16.3. The van der Waals surface area contributed by atoms with Gasteiger partial charge in [-0.05, 0) is 44.5 Å². The Kier molecular flexibility index (Phi) is 6.39. The van der Waals surface area contributed by atoms with Gasteiger partial charge in [0.1, 0.15) is 0 Å². The Hall–Kier alpha value is -3.09. The molecule has 1 N–H and O–H groups in total. The molecular formula is C20H25N3O4. The van der Waals surface area contributed by atoms with Gasteiger partial charge >= 0.3 is 5.97 Å². The van der Waals surface area contributed by atoms with Crippen molar-refractivity contribution in [3.8, 4) is 5.69 Å². The Morgan fingerprint density at radius 1 is 1.15 bits per heavy atom. The summed E-state index contributed by atoms with van der Waals surface area (Å²) in [4.78, 5) is 37.0. The van der Waals surface area contributed by atoms with E-state index in [1.807, 2.05) is 49.6 Å². The molecule has 1 aromatic carbocycles. The maximum Gasteiger partial charge on any atom is 0.340 e. The highest BCUT2D eigenvalue weighted by molar-refractivity contribution is 5.93. The molecule has 27 heavy (non-hydrogen) atoms. The predicted octanol–water partition coefficient (Wildman–Crippen LogP) is 1.76. The first kappa shape index (κ1) is 20.2. The lowest BCUT2D eigenvalue weighted by Crippen LogP contribution is -2.39. The molecule has 7 nitrogen and oxygen atoms in total. The number of aromatic nitrogens is 1. The maximum atomic E-state index is 12.4. The van der Waals surface area contributed by atoms with E-state index < -0.39 is 18.5 Å².